The Morgan fingerprint density at radius 1 is 1.55 bits per heavy atom. The van der Waals surface area contributed by atoms with Crippen molar-refractivity contribution in [3.63, 3.8) is 0 Å². The maximum Gasteiger partial charge on any atom is 0.302 e. The highest BCUT2D eigenvalue weighted by atomic mass is 32.2. The Bertz CT molecular complexity index is 113. The summed E-state index contributed by atoms with van der Waals surface area (Å²) in [6.07, 6.45) is 0.961. The fourth-order valence-electron chi connectivity index (χ4n) is 0.594. The zero-order chi connectivity index (χ0) is 8.69. The van der Waals surface area contributed by atoms with E-state index in [2.05, 4.69) is 13.8 Å². The maximum absolute atomic E-state index is 10.3. The van der Waals surface area contributed by atoms with Crippen LogP contribution in [0.5, 0.6) is 0 Å². The van der Waals surface area contributed by atoms with Gasteiger partial charge in [-0.25, -0.2) is 0 Å². The van der Waals surface area contributed by atoms with Crippen molar-refractivity contribution in [2.24, 2.45) is 0 Å². The molecule has 0 aliphatic carbocycles. The molecule has 0 rings (SSSR count). The van der Waals surface area contributed by atoms with Crippen LogP contribution in [0.15, 0.2) is 0 Å². The Kier molecular flexibility index (Phi) is 6.42. The molecule has 0 heterocycles. The molecule has 0 radical (unpaired) electrons. The van der Waals surface area contributed by atoms with Crippen LogP contribution in [-0.2, 0) is 9.53 Å². The Hall–Kier alpha value is -0.180. The lowest BCUT2D eigenvalue weighted by Gasteiger charge is -2.03. The molecule has 0 aromatic rings. The van der Waals surface area contributed by atoms with Gasteiger partial charge in [0.25, 0.3) is 0 Å². The summed E-state index contributed by atoms with van der Waals surface area (Å²) in [5.41, 5.74) is 0. The largest absolute Gasteiger partial charge is 0.466 e. The van der Waals surface area contributed by atoms with Gasteiger partial charge in [0.1, 0.15) is 0 Å². The van der Waals surface area contributed by atoms with Crippen molar-refractivity contribution < 1.29 is 9.53 Å². The molecular weight excluding hydrogens is 160 g/mol. The molecule has 0 aromatic heterocycles. The van der Waals surface area contributed by atoms with Gasteiger partial charge in [-0.15, -0.1) is 0 Å². The van der Waals surface area contributed by atoms with Gasteiger partial charge < -0.3 is 4.74 Å². The lowest BCUT2D eigenvalue weighted by molar-refractivity contribution is -0.140. The van der Waals surface area contributed by atoms with Crippen molar-refractivity contribution in [2.45, 2.75) is 32.4 Å². The van der Waals surface area contributed by atoms with Crippen LogP contribution in [0.1, 0.15) is 27.2 Å². The van der Waals surface area contributed by atoms with Gasteiger partial charge in [0.15, 0.2) is 0 Å². The molecule has 0 aliphatic rings. The lowest BCUT2D eigenvalue weighted by Crippen LogP contribution is -2.02. The first-order chi connectivity index (χ1) is 5.13. The van der Waals surface area contributed by atoms with E-state index in [9.17, 15) is 4.79 Å². The van der Waals surface area contributed by atoms with Crippen LogP contribution in [0.25, 0.3) is 0 Å². The Balaban J connectivity index is 2.97. The Morgan fingerprint density at radius 3 is 2.64 bits per heavy atom. The summed E-state index contributed by atoms with van der Waals surface area (Å²) in [5, 5.41) is 0.673. The molecule has 0 saturated carbocycles. The van der Waals surface area contributed by atoms with Crippen molar-refractivity contribution in [3.05, 3.63) is 0 Å². The second kappa shape index (κ2) is 6.53. The van der Waals surface area contributed by atoms with Crippen LogP contribution in [0.2, 0.25) is 0 Å². The predicted molar refractivity (Wildman–Crippen MR) is 48.8 cm³/mol. The molecule has 0 spiro atoms. The monoisotopic (exact) mass is 176 g/mol. The molecule has 11 heavy (non-hydrogen) atoms. The van der Waals surface area contributed by atoms with Crippen molar-refractivity contribution in [2.75, 3.05) is 12.4 Å². The molecule has 2 nitrogen and oxygen atoms in total. The van der Waals surface area contributed by atoms with E-state index in [1.165, 1.54) is 6.92 Å². The van der Waals surface area contributed by atoms with Gasteiger partial charge in [0.2, 0.25) is 0 Å². The molecule has 0 amide bonds. The lowest BCUT2D eigenvalue weighted by atomic mass is 10.5. The molecule has 0 aliphatic heterocycles. The SMILES string of the molecule is CC(=O)OCCCSC(C)C. The molecular formula is C8H16O2S. The summed E-state index contributed by atoms with van der Waals surface area (Å²) in [5.74, 6) is 0.893. The van der Waals surface area contributed by atoms with Gasteiger partial charge in [-0.3, -0.25) is 4.79 Å². The third-order valence-electron chi connectivity index (χ3n) is 1.05. The van der Waals surface area contributed by atoms with Crippen LogP contribution in [0.3, 0.4) is 0 Å². The first kappa shape index (κ1) is 10.8. The highest BCUT2D eigenvalue weighted by Crippen LogP contribution is 2.09. The van der Waals surface area contributed by atoms with E-state index in [0.717, 1.165) is 12.2 Å². The molecule has 0 fully saturated rings. The molecule has 0 bridgehead atoms. The predicted octanol–water partition coefficient (Wildman–Crippen LogP) is 2.08. The first-order valence-corrected chi connectivity index (χ1v) is 4.92. The average Bonchev–Trinajstić information content (AvgIpc) is 1.85. The number of esters is 1. The summed E-state index contributed by atoms with van der Waals surface area (Å²) in [7, 11) is 0. The Morgan fingerprint density at radius 2 is 2.18 bits per heavy atom. The van der Waals surface area contributed by atoms with Crippen LogP contribution in [0, 0.1) is 0 Å². The van der Waals surface area contributed by atoms with E-state index in [0.29, 0.717) is 11.9 Å². The van der Waals surface area contributed by atoms with Crippen LogP contribution in [0.4, 0.5) is 0 Å². The normalized spacial score (nSPS) is 10.2. The molecule has 0 atom stereocenters. The summed E-state index contributed by atoms with van der Waals surface area (Å²) in [4.78, 5) is 10.3. The minimum absolute atomic E-state index is 0.181. The third kappa shape index (κ3) is 9.82. The minimum Gasteiger partial charge on any atom is -0.466 e. The summed E-state index contributed by atoms with van der Waals surface area (Å²) in [6, 6.07) is 0. The number of carbonyl (C=O) groups excluding carboxylic acids is 1. The van der Waals surface area contributed by atoms with E-state index >= 15 is 0 Å². The highest BCUT2D eigenvalue weighted by molar-refractivity contribution is 7.99. The van der Waals surface area contributed by atoms with Crippen LogP contribution in [-0.4, -0.2) is 23.6 Å². The van der Waals surface area contributed by atoms with E-state index in [-0.39, 0.29) is 5.97 Å². The molecule has 0 N–H and O–H groups in total. The molecule has 66 valence electrons. The number of thioether (sulfide) groups is 1. The van der Waals surface area contributed by atoms with Gasteiger partial charge in [0, 0.05) is 6.92 Å². The zero-order valence-corrected chi connectivity index (χ0v) is 8.24. The fraction of sp³-hybridized carbons (Fsp3) is 0.875. The smallest absolute Gasteiger partial charge is 0.302 e. The molecule has 3 heteroatoms. The molecule has 0 unspecified atom stereocenters. The van der Waals surface area contributed by atoms with Crippen molar-refractivity contribution in [1.29, 1.82) is 0 Å². The second-order valence-corrected chi connectivity index (χ2v) is 4.30. The number of carbonyl (C=O) groups is 1. The number of hydrogen-bond acceptors (Lipinski definition) is 3. The molecule has 0 aromatic carbocycles. The summed E-state index contributed by atoms with van der Waals surface area (Å²) in [6.45, 7) is 6.33. The van der Waals surface area contributed by atoms with Crippen molar-refractivity contribution in [3.8, 4) is 0 Å². The topological polar surface area (TPSA) is 26.3 Å². The van der Waals surface area contributed by atoms with Gasteiger partial charge in [-0.2, -0.15) is 11.8 Å². The fourth-order valence-corrected chi connectivity index (χ4v) is 1.35. The summed E-state index contributed by atoms with van der Waals surface area (Å²) < 4.78 is 4.77. The van der Waals surface area contributed by atoms with Gasteiger partial charge in [-0.1, -0.05) is 13.8 Å². The second-order valence-electron chi connectivity index (χ2n) is 2.61. The van der Waals surface area contributed by atoms with Gasteiger partial charge >= 0.3 is 5.97 Å². The quantitative estimate of drug-likeness (QED) is 0.474. The first-order valence-electron chi connectivity index (χ1n) is 3.88. The van der Waals surface area contributed by atoms with E-state index in [4.69, 9.17) is 4.74 Å². The number of ether oxygens (including phenoxy) is 1. The standard InChI is InChI=1S/C8H16O2S/c1-7(2)11-6-4-5-10-8(3)9/h7H,4-6H2,1-3H3. The van der Waals surface area contributed by atoms with E-state index in [1.54, 1.807) is 0 Å². The summed E-state index contributed by atoms with van der Waals surface area (Å²) >= 11 is 1.89. The van der Waals surface area contributed by atoms with E-state index in [1.807, 2.05) is 11.8 Å². The zero-order valence-electron chi connectivity index (χ0n) is 7.42. The Labute approximate surface area is 72.7 Å². The minimum atomic E-state index is -0.181. The average molecular weight is 176 g/mol. The van der Waals surface area contributed by atoms with Crippen molar-refractivity contribution >= 4 is 17.7 Å². The van der Waals surface area contributed by atoms with Crippen molar-refractivity contribution in [1.82, 2.24) is 0 Å². The molecule has 0 saturated heterocycles. The third-order valence-corrected chi connectivity index (χ3v) is 2.24. The van der Waals surface area contributed by atoms with Crippen LogP contribution >= 0.6 is 11.8 Å². The number of rotatable bonds is 5. The van der Waals surface area contributed by atoms with Crippen LogP contribution < -0.4 is 0 Å². The van der Waals surface area contributed by atoms with Gasteiger partial charge in [-0.05, 0) is 17.4 Å². The maximum atomic E-state index is 10.3. The van der Waals surface area contributed by atoms with Gasteiger partial charge in [0.05, 0.1) is 6.61 Å². The number of hydrogen-bond donors (Lipinski definition) is 0. The highest BCUT2D eigenvalue weighted by Gasteiger charge is 1.95. The van der Waals surface area contributed by atoms with E-state index < -0.39 is 0 Å².